The van der Waals surface area contributed by atoms with Crippen LogP contribution in [0.3, 0.4) is 0 Å². The normalized spacial score (nSPS) is 34.7. The lowest BCUT2D eigenvalue weighted by molar-refractivity contribution is 0.0170. The van der Waals surface area contributed by atoms with E-state index in [-0.39, 0.29) is 24.3 Å². The van der Waals surface area contributed by atoms with Crippen molar-refractivity contribution in [2.24, 2.45) is 0 Å². The zero-order valence-electron chi connectivity index (χ0n) is 9.56. The van der Waals surface area contributed by atoms with Crippen molar-refractivity contribution in [1.29, 1.82) is 0 Å². The lowest BCUT2D eigenvalue weighted by Gasteiger charge is -2.27. The Kier molecular flexibility index (Phi) is 2.41. The van der Waals surface area contributed by atoms with Crippen molar-refractivity contribution in [2.45, 2.75) is 63.8 Å². The molecule has 0 aromatic carbocycles. The molecular weight excluding hydrogens is 194 g/mol. The van der Waals surface area contributed by atoms with Gasteiger partial charge in [0.2, 0.25) is 0 Å². The van der Waals surface area contributed by atoms with Crippen LogP contribution in [0.25, 0.3) is 0 Å². The molecule has 2 aliphatic rings. The van der Waals surface area contributed by atoms with Crippen molar-refractivity contribution in [3.8, 4) is 0 Å². The fourth-order valence-electron chi connectivity index (χ4n) is 2.56. The van der Waals surface area contributed by atoms with Crippen molar-refractivity contribution >= 4 is 6.09 Å². The van der Waals surface area contributed by atoms with Crippen LogP contribution < -0.4 is 0 Å². The quantitative estimate of drug-likeness (QED) is 0.663. The highest BCUT2D eigenvalue weighted by Gasteiger charge is 2.49. The van der Waals surface area contributed by atoms with Crippen molar-refractivity contribution in [3.63, 3.8) is 0 Å². The SMILES string of the molecule is CC(C)(C)OC(=O)N1C2CC[C@H]1[C@H](O)C2. The summed E-state index contributed by atoms with van der Waals surface area (Å²) in [5.41, 5.74) is -0.454. The Hall–Kier alpha value is -0.770. The second-order valence-corrected chi connectivity index (χ2v) is 5.49. The average Bonchev–Trinajstić information content (AvgIpc) is 2.55. The molecule has 86 valence electrons. The van der Waals surface area contributed by atoms with Gasteiger partial charge in [-0.1, -0.05) is 0 Å². The summed E-state index contributed by atoms with van der Waals surface area (Å²) in [6.45, 7) is 5.58. The van der Waals surface area contributed by atoms with E-state index >= 15 is 0 Å². The molecule has 0 aromatic rings. The van der Waals surface area contributed by atoms with Gasteiger partial charge in [-0.2, -0.15) is 0 Å². The molecule has 4 nitrogen and oxygen atoms in total. The molecule has 1 amide bonds. The van der Waals surface area contributed by atoms with Crippen molar-refractivity contribution < 1.29 is 14.6 Å². The van der Waals surface area contributed by atoms with Gasteiger partial charge >= 0.3 is 6.09 Å². The predicted octanol–water partition coefficient (Wildman–Crippen LogP) is 1.52. The Morgan fingerprint density at radius 2 is 2.07 bits per heavy atom. The summed E-state index contributed by atoms with van der Waals surface area (Å²) < 4.78 is 5.33. The molecule has 0 aliphatic carbocycles. The van der Waals surface area contributed by atoms with Crippen LogP contribution in [0.1, 0.15) is 40.0 Å². The molecule has 1 N–H and O–H groups in total. The largest absolute Gasteiger partial charge is 0.444 e. The van der Waals surface area contributed by atoms with Crippen LogP contribution in [0, 0.1) is 0 Å². The average molecular weight is 213 g/mol. The number of amides is 1. The number of aliphatic hydroxyl groups is 1. The van der Waals surface area contributed by atoms with Crippen LogP contribution in [0.5, 0.6) is 0 Å². The number of carbonyl (C=O) groups is 1. The summed E-state index contributed by atoms with van der Waals surface area (Å²) in [7, 11) is 0. The smallest absolute Gasteiger partial charge is 0.410 e. The van der Waals surface area contributed by atoms with E-state index in [4.69, 9.17) is 4.74 Å². The van der Waals surface area contributed by atoms with Gasteiger partial charge in [-0.3, -0.25) is 4.90 Å². The Morgan fingerprint density at radius 3 is 2.47 bits per heavy atom. The second kappa shape index (κ2) is 3.37. The van der Waals surface area contributed by atoms with E-state index in [1.54, 1.807) is 4.90 Å². The summed E-state index contributed by atoms with van der Waals surface area (Å²) >= 11 is 0. The third-order valence-electron chi connectivity index (χ3n) is 3.11. The lowest BCUT2D eigenvalue weighted by Crippen LogP contribution is -2.41. The topological polar surface area (TPSA) is 49.8 Å². The van der Waals surface area contributed by atoms with E-state index in [9.17, 15) is 9.90 Å². The molecule has 0 radical (unpaired) electrons. The van der Waals surface area contributed by atoms with Gasteiger partial charge in [-0.05, 0) is 40.0 Å². The van der Waals surface area contributed by atoms with Crippen LogP contribution in [0.2, 0.25) is 0 Å². The molecule has 2 saturated heterocycles. The van der Waals surface area contributed by atoms with Gasteiger partial charge in [0.15, 0.2) is 0 Å². The molecule has 2 aliphatic heterocycles. The lowest BCUT2D eigenvalue weighted by atomic mass is 9.98. The molecule has 0 aromatic heterocycles. The van der Waals surface area contributed by atoms with Crippen LogP contribution in [-0.4, -0.2) is 39.9 Å². The number of rotatable bonds is 0. The van der Waals surface area contributed by atoms with Crippen molar-refractivity contribution in [1.82, 2.24) is 4.90 Å². The van der Waals surface area contributed by atoms with Crippen LogP contribution in [0.15, 0.2) is 0 Å². The first-order chi connectivity index (χ1) is 6.88. The summed E-state index contributed by atoms with van der Waals surface area (Å²) in [6.07, 6.45) is 2.00. The van der Waals surface area contributed by atoms with Gasteiger partial charge in [0.1, 0.15) is 5.60 Å². The summed E-state index contributed by atoms with van der Waals surface area (Å²) in [4.78, 5) is 13.6. The third-order valence-corrected chi connectivity index (χ3v) is 3.11. The Morgan fingerprint density at radius 1 is 1.40 bits per heavy atom. The van der Waals surface area contributed by atoms with Gasteiger partial charge in [0, 0.05) is 6.04 Å². The molecule has 2 heterocycles. The maximum Gasteiger partial charge on any atom is 0.410 e. The van der Waals surface area contributed by atoms with Crippen LogP contribution in [-0.2, 0) is 4.74 Å². The standard InChI is InChI=1S/C11H19NO3/c1-11(2,3)15-10(14)12-7-4-5-8(12)9(13)6-7/h7-9,13H,4-6H2,1-3H3/t7?,8-,9+/m0/s1. The second-order valence-electron chi connectivity index (χ2n) is 5.49. The molecule has 0 saturated carbocycles. The number of hydrogen-bond acceptors (Lipinski definition) is 3. The maximum atomic E-state index is 11.9. The van der Waals surface area contributed by atoms with Crippen molar-refractivity contribution in [2.75, 3.05) is 0 Å². The minimum absolute atomic E-state index is 0.00940. The van der Waals surface area contributed by atoms with Crippen molar-refractivity contribution in [3.05, 3.63) is 0 Å². The Balaban J connectivity index is 2.03. The Bertz CT molecular complexity index is 271. The first-order valence-corrected chi connectivity index (χ1v) is 5.58. The molecule has 4 heteroatoms. The van der Waals surface area contributed by atoms with Gasteiger partial charge in [-0.25, -0.2) is 4.79 Å². The number of fused-ring (bicyclic) bond motifs is 2. The molecule has 2 bridgehead atoms. The first kappa shape index (κ1) is 10.7. The number of ether oxygens (including phenoxy) is 1. The van der Waals surface area contributed by atoms with Gasteiger partial charge in [0.25, 0.3) is 0 Å². The molecule has 0 spiro atoms. The monoisotopic (exact) mass is 213 g/mol. The molecule has 15 heavy (non-hydrogen) atoms. The van der Waals surface area contributed by atoms with Crippen LogP contribution >= 0.6 is 0 Å². The van der Waals surface area contributed by atoms with Gasteiger partial charge < -0.3 is 9.84 Å². The summed E-state index contributed by atoms with van der Waals surface area (Å²) in [5, 5.41) is 9.69. The highest BCUT2D eigenvalue weighted by molar-refractivity contribution is 5.70. The van der Waals surface area contributed by atoms with E-state index in [2.05, 4.69) is 0 Å². The minimum atomic E-state index is -0.454. The first-order valence-electron chi connectivity index (χ1n) is 5.58. The molecule has 1 unspecified atom stereocenters. The Labute approximate surface area is 90.2 Å². The van der Waals surface area contributed by atoms with E-state index in [0.29, 0.717) is 6.42 Å². The van der Waals surface area contributed by atoms with E-state index < -0.39 is 5.60 Å². The summed E-state index contributed by atoms with van der Waals surface area (Å²) in [6, 6.07) is 0.185. The zero-order chi connectivity index (χ0) is 11.2. The molecule has 2 fully saturated rings. The van der Waals surface area contributed by atoms with E-state index in [1.807, 2.05) is 20.8 Å². The fourth-order valence-corrected chi connectivity index (χ4v) is 2.56. The number of aliphatic hydroxyl groups excluding tert-OH is 1. The molecule has 2 rings (SSSR count). The number of hydrogen-bond donors (Lipinski definition) is 1. The highest BCUT2D eigenvalue weighted by Crippen LogP contribution is 2.38. The maximum absolute atomic E-state index is 11.9. The molecule has 3 atom stereocenters. The summed E-state index contributed by atoms with van der Waals surface area (Å²) in [5.74, 6) is 0. The predicted molar refractivity (Wildman–Crippen MR) is 55.5 cm³/mol. The van der Waals surface area contributed by atoms with Crippen LogP contribution in [0.4, 0.5) is 4.79 Å². The highest BCUT2D eigenvalue weighted by atomic mass is 16.6. The number of nitrogens with zero attached hydrogens (tertiary/aromatic N) is 1. The fraction of sp³-hybridized carbons (Fsp3) is 0.909. The number of carbonyl (C=O) groups excluding carboxylic acids is 1. The molecular formula is C11H19NO3. The minimum Gasteiger partial charge on any atom is -0.444 e. The van der Waals surface area contributed by atoms with Gasteiger partial charge in [0.05, 0.1) is 12.1 Å². The zero-order valence-corrected chi connectivity index (χ0v) is 9.56. The van der Waals surface area contributed by atoms with E-state index in [0.717, 1.165) is 12.8 Å². The van der Waals surface area contributed by atoms with Gasteiger partial charge in [-0.15, -0.1) is 0 Å². The van der Waals surface area contributed by atoms with E-state index in [1.165, 1.54) is 0 Å². The third kappa shape index (κ3) is 1.95.